The molecule has 0 fully saturated rings. The Labute approximate surface area is 110 Å². The number of furan rings is 1. The Morgan fingerprint density at radius 1 is 1.22 bits per heavy atom. The van der Waals surface area contributed by atoms with Crippen LogP contribution in [-0.4, -0.2) is 0 Å². The Morgan fingerprint density at radius 2 is 2.06 bits per heavy atom. The maximum Gasteiger partial charge on any atom is 0.125 e. The number of benzene rings is 1. The predicted octanol–water partition coefficient (Wildman–Crippen LogP) is 4.10. The number of fused-ring (bicyclic) bond motifs is 1. The van der Waals surface area contributed by atoms with Crippen LogP contribution in [0.1, 0.15) is 30.0 Å². The predicted molar refractivity (Wildman–Crippen MR) is 75.9 cm³/mol. The van der Waals surface area contributed by atoms with Crippen molar-refractivity contribution in [3.63, 3.8) is 0 Å². The molecule has 0 amide bonds. The van der Waals surface area contributed by atoms with Crippen molar-refractivity contribution in [3.8, 4) is 0 Å². The molecule has 2 heterocycles. The summed E-state index contributed by atoms with van der Waals surface area (Å²) < 4.78 is 7.02. The maximum absolute atomic E-state index is 6.31. The molecule has 0 saturated heterocycles. The van der Waals surface area contributed by atoms with Crippen LogP contribution in [0.5, 0.6) is 0 Å². The number of thiophene rings is 1. The van der Waals surface area contributed by atoms with Gasteiger partial charge < -0.3 is 10.2 Å². The highest BCUT2D eigenvalue weighted by Gasteiger charge is 2.16. The molecule has 3 rings (SSSR count). The van der Waals surface area contributed by atoms with E-state index in [1.165, 1.54) is 10.1 Å². The Morgan fingerprint density at radius 3 is 2.83 bits per heavy atom. The fourth-order valence-corrected chi connectivity index (χ4v) is 3.14. The van der Waals surface area contributed by atoms with Crippen molar-refractivity contribution < 1.29 is 4.42 Å². The van der Waals surface area contributed by atoms with Crippen LogP contribution in [0.3, 0.4) is 0 Å². The minimum atomic E-state index is -0.179. The molecular formula is C15H15NOS. The van der Waals surface area contributed by atoms with E-state index in [4.69, 9.17) is 10.2 Å². The molecule has 0 saturated carbocycles. The Hall–Kier alpha value is -1.58. The van der Waals surface area contributed by atoms with Gasteiger partial charge in [-0.3, -0.25) is 0 Å². The molecule has 0 spiro atoms. The van der Waals surface area contributed by atoms with Gasteiger partial charge in [-0.15, -0.1) is 11.3 Å². The Bertz CT molecular complexity index is 668. The lowest BCUT2D eigenvalue weighted by Crippen LogP contribution is -2.10. The highest BCUT2D eigenvalue weighted by atomic mass is 32.1. The first-order valence-electron chi connectivity index (χ1n) is 6.10. The van der Waals surface area contributed by atoms with Crippen molar-refractivity contribution in [2.75, 3.05) is 0 Å². The number of hydrogen-bond donors (Lipinski definition) is 1. The minimum absolute atomic E-state index is 0.179. The summed E-state index contributed by atoms with van der Waals surface area (Å²) in [5, 5.41) is 3.35. The van der Waals surface area contributed by atoms with E-state index < -0.39 is 0 Å². The smallest absolute Gasteiger partial charge is 0.125 e. The van der Waals surface area contributed by atoms with Crippen LogP contribution >= 0.6 is 11.3 Å². The lowest BCUT2D eigenvalue weighted by molar-refractivity contribution is 0.455. The van der Waals surface area contributed by atoms with Crippen LogP contribution in [0.2, 0.25) is 0 Å². The van der Waals surface area contributed by atoms with Crippen molar-refractivity contribution in [2.45, 2.75) is 19.4 Å². The average molecular weight is 257 g/mol. The van der Waals surface area contributed by atoms with Crippen LogP contribution in [0.25, 0.3) is 10.1 Å². The van der Waals surface area contributed by atoms with Crippen LogP contribution in [0, 0.1) is 0 Å². The SMILES string of the molecule is CCc1ccc(C(N)c2csc3ccccc23)o1. The van der Waals surface area contributed by atoms with Crippen molar-refractivity contribution in [1.29, 1.82) is 0 Å². The monoisotopic (exact) mass is 257 g/mol. The van der Waals surface area contributed by atoms with Gasteiger partial charge in [-0.2, -0.15) is 0 Å². The minimum Gasteiger partial charge on any atom is -0.464 e. The van der Waals surface area contributed by atoms with E-state index in [0.717, 1.165) is 23.5 Å². The summed E-state index contributed by atoms with van der Waals surface area (Å²) in [4.78, 5) is 0. The van der Waals surface area contributed by atoms with Gasteiger partial charge in [0, 0.05) is 11.1 Å². The molecule has 3 aromatic rings. The van der Waals surface area contributed by atoms with Gasteiger partial charge in [-0.25, -0.2) is 0 Å². The molecule has 0 aliphatic heterocycles. The third kappa shape index (κ3) is 1.85. The Kier molecular flexibility index (Phi) is 2.94. The zero-order valence-electron chi connectivity index (χ0n) is 10.2. The Balaban J connectivity index is 2.03. The summed E-state index contributed by atoms with van der Waals surface area (Å²) >= 11 is 1.73. The van der Waals surface area contributed by atoms with E-state index >= 15 is 0 Å². The van der Waals surface area contributed by atoms with E-state index in [-0.39, 0.29) is 6.04 Å². The standard InChI is InChI=1S/C15H15NOS/c1-2-10-7-8-13(17-10)15(16)12-9-18-14-6-4-3-5-11(12)14/h3-9,15H,2,16H2,1H3. The second kappa shape index (κ2) is 4.59. The zero-order chi connectivity index (χ0) is 12.5. The number of nitrogens with two attached hydrogens (primary N) is 1. The van der Waals surface area contributed by atoms with E-state index in [1.807, 2.05) is 18.2 Å². The first kappa shape index (κ1) is 11.5. The summed E-state index contributed by atoms with van der Waals surface area (Å²) in [5.41, 5.74) is 7.45. The van der Waals surface area contributed by atoms with E-state index in [1.54, 1.807) is 11.3 Å². The van der Waals surface area contributed by atoms with Gasteiger partial charge in [0.05, 0.1) is 6.04 Å². The van der Waals surface area contributed by atoms with Gasteiger partial charge in [0.15, 0.2) is 0 Å². The second-order valence-corrected chi connectivity index (χ2v) is 5.23. The zero-order valence-corrected chi connectivity index (χ0v) is 11.0. The molecule has 0 bridgehead atoms. The normalized spacial score (nSPS) is 13.0. The maximum atomic E-state index is 6.31. The van der Waals surface area contributed by atoms with E-state index in [2.05, 4.69) is 30.5 Å². The molecule has 2 aromatic heterocycles. The lowest BCUT2D eigenvalue weighted by Gasteiger charge is -2.07. The summed E-state index contributed by atoms with van der Waals surface area (Å²) in [6.45, 7) is 2.08. The van der Waals surface area contributed by atoms with Crippen LogP contribution in [0.15, 0.2) is 46.2 Å². The lowest BCUT2D eigenvalue weighted by atomic mass is 10.0. The molecule has 3 heteroatoms. The van der Waals surface area contributed by atoms with Gasteiger partial charge in [0.1, 0.15) is 11.5 Å². The summed E-state index contributed by atoms with van der Waals surface area (Å²) in [7, 11) is 0. The quantitative estimate of drug-likeness (QED) is 0.767. The van der Waals surface area contributed by atoms with Crippen LogP contribution in [0.4, 0.5) is 0 Å². The molecule has 92 valence electrons. The number of hydrogen-bond acceptors (Lipinski definition) is 3. The molecule has 1 unspecified atom stereocenters. The fourth-order valence-electron chi connectivity index (χ4n) is 2.14. The average Bonchev–Trinajstić information content (AvgIpc) is 3.04. The second-order valence-electron chi connectivity index (χ2n) is 4.32. The highest BCUT2D eigenvalue weighted by molar-refractivity contribution is 7.17. The largest absolute Gasteiger partial charge is 0.464 e. The van der Waals surface area contributed by atoms with Crippen molar-refractivity contribution in [3.05, 3.63) is 58.9 Å². The van der Waals surface area contributed by atoms with Crippen LogP contribution in [-0.2, 0) is 6.42 Å². The molecule has 2 N–H and O–H groups in total. The summed E-state index contributed by atoms with van der Waals surface area (Å²) in [6.07, 6.45) is 0.900. The third-order valence-corrected chi connectivity index (χ3v) is 4.17. The number of rotatable bonds is 3. The van der Waals surface area contributed by atoms with Crippen molar-refractivity contribution in [1.82, 2.24) is 0 Å². The molecule has 0 aliphatic rings. The first-order chi connectivity index (χ1) is 8.79. The van der Waals surface area contributed by atoms with Gasteiger partial charge in [-0.1, -0.05) is 25.1 Å². The van der Waals surface area contributed by atoms with Crippen molar-refractivity contribution >= 4 is 21.4 Å². The van der Waals surface area contributed by atoms with Gasteiger partial charge in [-0.05, 0) is 34.5 Å². The van der Waals surface area contributed by atoms with Gasteiger partial charge >= 0.3 is 0 Å². The van der Waals surface area contributed by atoms with E-state index in [9.17, 15) is 0 Å². The van der Waals surface area contributed by atoms with Gasteiger partial charge in [0.25, 0.3) is 0 Å². The van der Waals surface area contributed by atoms with Gasteiger partial charge in [0.2, 0.25) is 0 Å². The molecule has 2 nitrogen and oxygen atoms in total. The summed E-state index contributed by atoms with van der Waals surface area (Å²) in [6, 6.07) is 12.1. The number of aryl methyl sites for hydroxylation is 1. The topological polar surface area (TPSA) is 39.2 Å². The third-order valence-electron chi connectivity index (χ3n) is 3.18. The first-order valence-corrected chi connectivity index (χ1v) is 6.98. The molecular weight excluding hydrogens is 242 g/mol. The highest BCUT2D eigenvalue weighted by Crippen LogP contribution is 2.32. The molecule has 0 radical (unpaired) electrons. The molecule has 1 aromatic carbocycles. The van der Waals surface area contributed by atoms with E-state index in [0.29, 0.717) is 0 Å². The molecule has 1 atom stereocenters. The molecule has 18 heavy (non-hydrogen) atoms. The van der Waals surface area contributed by atoms with Crippen LogP contribution < -0.4 is 5.73 Å². The van der Waals surface area contributed by atoms with Crippen molar-refractivity contribution in [2.24, 2.45) is 5.73 Å². The summed E-state index contributed by atoms with van der Waals surface area (Å²) in [5.74, 6) is 1.83. The fraction of sp³-hybridized carbons (Fsp3) is 0.200. The molecule has 0 aliphatic carbocycles.